The Morgan fingerprint density at radius 3 is 2.39 bits per heavy atom. The smallest absolute Gasteiger partial charge is 0.378 e. The van der Waals surface area contributed by atoms with Gasteiger partial charge in [-0.1, -0.05) is 0 Å². The zero-order valence-corrected chi connectivity index (χ0v) is 18.6. The van der Waals surface area contributed by atoms with E-state index in [1.165, 1.54) is 43.3 Å². The molecule has 1 atom stereocenters. The number of halogens is 4. The summed E-state index contributed by atoms with van der Waals surface area (Å²) >= 11 is 0.972. The van der Waals surface area contributed by atoms with Gasteiger partial charge in [-0.15, -0.1) is 11.8 Å². The van der Waals surface area contributed by atoms with Crippen molar-refractivity contribution in [1.82, 2.24) is 0 Å². The van der Waals surface area contributed by atoms with E-state index in [4.69, 9.17) is 4.74 Å². The molecule has 1 saturated heterocycles. The van der Waals surface area contributed by atoms with Crippen molar-refractivity contribution in [3.05, 3.63) is 53.8 Å². The summed E-state index contributed by atoms with van der Waals surface area (Å²) in [5, 5.41) is 4.10. The summed E-state index contributed by atoms with van der Waals surface area (Å²) in [6.45, 7) is 3.33. The lowest BCUT2D eigenvalue weighted by molar-refractivity contribution is -0.137. The van der Waals surface area contributed by atoms with Crippen molar-refractivity contribution in [2.45, 2.75) is 18.3 Å². The van der Waals surface area contributed by atoms with E-state index in [0.29, 0.717) is 37.7 Å². The van der Waals surface area contributed by atoms with Gasteiger partial charge in [0.15, 0.2) is 0 Å². The van der Waals surface area contributed by atoms with E-state index >= 15 is 0 Å². The highest BCUT2D eigenvalue weighted by atomic mass is 32.2. The zero-order chi connectivity index (χ0) is 24.0. The molecule has 1 fully saturated rings. The van der Waals surface area contributed by atoms with Gasteiger partial charge in [-0.2, -0.15) is 13.2 Å². The molecule has 0 bridgehead atoms. The highest BCUT2D eigenvalue weighted by Gasteiger charge is 2.35. The van der Waals surface area contributed by atoms with Crippen LogP contribution in [-0.2, 0) is 20.5 Å². The molecule has 3 rings (SSSR count). The van der Waals surface area contributed by atoms with Crippen LogP contribution in [0.25, 0.3) is 0 Å². The van der Waals surface area contributed by atoms with E-state index in [1.54, 1.807) is 4.90 Å². The largest absolute Gasteiger partial charge is 0.418 e. The van der Waals surface area contributed by atoms with E-state index in [-0.39, 0.29) is 11.4 Å². The predicted molar refractivity (Wildman–Crippen MR) is 120 cm³/mol. The normalized spacial score (nSPS) is 15.1. The maximum Gasteiger partial charge on any atom is 0.418 e. The molecule has 33 heavy (non-hydrogen) atoms. The van der Waals surface area contributed by atoms with Crippen LogP contribution in [0.1, 0.15) is 12.5 Å². The van der Waals surface area contributed by atoms with Crippen molar-refractivity contribution >= 4 is 40.6 Å². The second kappa shape index (κ2) is 10.9. The number of amides is 2. The molecule has 0 aromatic heterocycles. The molecule has 0 saturated carbocycles. The monoisotopic (exact) mass is 485 g/mol. The van der Waals surface area contributed by atoms with Crippen molar-refractivity contribution < 1.29 is 31.9 Å². The fraction of sp³-hybridized carbons (Fsp3) is 0.364. The molecule has 6 nitrogen and oxygen atoms in total. The Labute approximate surface area is 192 Å². The van der Waals surface area contributed by atoms with Crippen molar-refractivity contribution in [2.75, 3.05) is 47.6 Å². The van der Waals surface area contributed by atoms with E-state index in [2.05, 4.69) is 10.6 Å². The number of nitrogens with zero attached hydrogens (tertiary/aromatic N) is 1. The molecule has 0 spiro atoms. The number of ether oxygens (including phenoxy) is 1. The van der Waals surface area contributed by atoms with Gasteiger partial charge >= 0.3 is 6.18 Å². The van der Waals surface area contributed by atoms with Crippen LogP contribution < -0.4 is 15.5 Å². The number of alkyl halides is 3. The Balaban J connectivity index is 1.60. The fourth-order valence-electron chi connectivity index (χ4n) is 3.14. The van der Waals surface area contributed by atoms with Crippen LogP contribution in [-0.4, -0.2) is 49.1 Å². The van der Waals surface area contributed by atoms with Gasteiger partial charge in [-0.25, -0.2) is 4.39 Å². The molecule has 2 amide bonds. The first kappa shape index (κ1) is 24.8. The van der Waals surface area contributed by atoms with Crippen LogP contribution in [0.4, 0.5) is 34.6 Å². The molecule has 1 heterocycles. The molecule has 1 aliphatic heterocycles. The summed E-state index contributed by atoms with van der Waals surface area (Å²) in [7, 11) is 0. The lowest BCUT2D eigenvalue weighted by Gasteiger charge is -2.29. The van der Waals surface area contributed by atoms with Crippen molar-refractivity contribution in [1.29, 1.82) is 0 Å². The molecule has 1 unspecified atom stereocenters. The molecule has 2 N–H and O–H groups in total. The van der Waals surface area contributed by atoms with Crippen molar-refractivity contribution in [3.63, 3.8) is 0 Å². The Morgan fingerprint density at radius 2 is 1.76 bits per heavy atom. The van der Waals surface area contributed by atoms with E-state index in [0.717, 1.165) is 17.8 Å². The van der Waals surface area contributed by atoms with Crippen LogP contribution in [0.15, 0.2) is 42.5 Å². The number of carbonyl (C=O) groups excluding carboxylic acids is 2. The Hall–Kier alpha value is -2.79. The lowest BCUT2D eigenvalue weighted by atomic mass is 10.1. The third-order valence-electron chi connectivity index (χ3n) is 4.90. The average molecular weight is 486 g/mol. The number of thioether (sulfide) groups is 1. The van der Waals surface area contributed by atoms with Gasteiger partial charge in [0.25, 0.3) is 0 Å². The summed E-state index contributed by atoms with van der Waals surface area (Å²) in [6, 6.07) is 8.98. The first-order chi connectivity index (χ1) is 15.6. The van der Waals surface area contributed by atoms with E-state index in [9.17, 15) is 27.2 Å². The molecular weight excluding hydrogens is 462 g/mol. The number of morpholine rings is 1. The van der Waals surface area contributed by atoms with Gasteiger partial charge in [-0.3, -0.25) is 9.59 Å². The Bertz CT molecular complexity index is 980. The van der Waals surface area contributed by atoms with Crippen molar-refractivity contribution in [2.24, 2.45) is 0 Å². The second-order valence-electron chi connectivity index (χ2n) is 7.32. The number of anilines is 3. The number of rotatable bonds is 7. The summed E-state index contributed by atoms with van der Waals surface area (Å²) in [5.74, 6) is -1.62. The van der Waals surface area contributed by atoms with Gasteiger partial charge in [0.2, 0.25) is 11.8 Å². The van der Waals surface area contributed by atoms with Crippen LogP contribution in [0.3, 0.4) is 0 Å². The summed E-state index contributed by atoms with van der Waals surface area (Å²) in [6.07, 6.45) is -4.66. The molecule has 0 radical (unpaired) electrons. The van der Waals surface area contributed by atoms with Gasteiger partial charge in [0.05, 0.1) is 35.5 Å². The quantitative estimate of drug-likeness (QED) is 0.570. The minimum atomic E-state index is -4.66. The maximum atomic E-state index is 13.7. The average Bonchev–Trinajstić information content (AvgIpc) is 2.79. The highest BCUT2D eigenvalue weighted by Crippen LogP contribution is 2.37. The number of nitrogens with one attached hydrogen (secondary N) is 2. The van der Waals surface area contributed by atoms with Crippen LogP contribution in [0.5, 0.6) is 0 Å². The lowest BCUT2D eigenvalue weighted by Crippen LogP contribution is -2.36. The summed E-state index contributed by atoms with van der Waals surface area (Å²) in [5.41, 5.74) is -0.475. The number of hydrogen-bond acceptors (Lipinski definition) is 5. The topological polar surface area (TPSA) is 70.7 Å². The summed E-state index contributed by atoms with van der Waals surface area (Å²) in [4.78, 5) is 26.3. The minimum Gasteiger partial charge on any atom is -0.378 e. The minimum absolute atomic E-state index is 0.103. The third-order valence-corrected chi connectivity index (χ3v) is 6.05. The zero-order valence-electron chi connectivity index (χ0n) is 17.7. The van der Waals surface area contributed by atoms with Crippen LogP contribution >= 0.6 is 11.8 Å². The molecule has 0 aliphatic carbocycles. The van der Waals surface area contributed by atoms with Crippen LogP contribution in [0, 0.1) is 5.82 Å². The van der Waals surface area contributed by atoms with E-state index < -0.39 is 34.6 Å². The number of hydrogen-bond donors (Lipinski definition) is 2. The van der Waals surface area contributed by atoms with Gasteiger partial charge in [-0.05, 0) is 49.4 Å². The standard InChI is InChI=1S/C22H23F4N3O3S/c1-14(33-13-20(30)27-16-4-2-15(23)3-5-16)21(31)28-19-7-6-17(12-18(19)22(24,25)26)29-8-10-32-11-9-29/h2-7,12,14H,8-11,13H2,1H3,(H,27,30)(H,28,31). The van der Waals surface area contributed by atoms with E-state index in [1.807, 2.05) is 0 Å². The van der Waals surface area contributed by atoms with Gasteiger partial charge in [0, 0.05) is 24.5 Å². The Morgan fingerprint density at radius 1 is 1.09 bits per heavy atom. The second-order valence-corrected chi connectivity index (χ2v) is 8.65. The SMILES string of the molecule is CC(SCC(=O)Nc1ccc(F)cc1)C(=O)Nc1ccc(N2CCOCC2)cc1C(F)(F)F. The Kier molecular flexibility index (Phi) is 8.20. The molecular formula is C22H23F4N3O3S. The fourth-order valence-corrected chi connectivity index (χ4v) is 3.82. The highest BCUT2D eigenvalue weighted by molar-refractivity contribution is 8.01. The number of benzene rings is 2. The first-order valence-electron chi connectivity index (χ1n) is 10.2. The number of carbonyl (C=O) groups is 2. The first-order valence-corrected chi connectivity index (χ1v) is 11.2. The predicted octanol–water partition coefficient (Wildman–Crippen LogP) is 4.38. The van der Waals surface area contributed by atoms with Gasteiger partial charge in [0.1, 0.15) is 5.82 Å². The molecule has 2 aromatic rings. The maximum absolute atomic E-state index is 13.7. The molecule has 1 aliphatic rings. The third kappa shape index (κ3) is 7.10. The molecule has 178 valence electrons. The molecule has 2 aromatic carbocycles. The van der Waals surface area contributed by atoms with Crippen LogP contribution in [0.2, 0.25) is 0 Å². The molecule has 11 heteroatoms. The van der Waals surface area contributed by atoms with Crippen molar-refractivity contribution in [3.8, 4) is 0 Å². The summed E-state index contributed by atoms with van der Waals surface area (Å²) < 4.78 is 59.1. The van der Waals surface area contributed by atoms with Gasteiger partial charge < -0.3 is 20.3 Å².